The average molecular weight is 401 g/mol. The van der Waals surface area contributed by atoms with Gasteiger partial charge in [0.15, 0.2) is 5.69 Å². The molecule has 6 nitrogen and oxygen atoms in total. The molecule has 27 heavy (non-hydrogen) atoms. The maximum Gasteiger partial charge on any atom is 0.433 e. The summed E-state index contributed by atoms with van der Waals surface area (Å²) in [7, 11) is 1.34. The van der Waals surface area contributed by atoms with Gasteiger partial charge in [0.05, 0.1) is 12.1 Å². The van der Waals surface area contributed by atoms with Gasteiger partial charge >= 0.3 is 12.2 Å². The Morgan fingerprint density at radius 2 is 1.96 bits per heavy atom. The summed E-state index contributed by atoms with van der Waals surface area (Å²) in [6, 6.07) is 3.45. The van der Waals surface area contributed by atoms with E-state index in [-0.39, 0.29) is 34.1 Å². The van der Waals surface area contributed by atoms with Crippen LogP contribution in [0.1, 0.15) is 29.8 Å². The van der Waals surface area contributed by atoms with Gasteiger partial charge in [-0.15, -0.1) is 0 Å². The van der Waals surface area contributed by atoms with Gasteiger partial charge in [0.2, 0.25) is 5.95 Å². The Hall–Kier alpha value is -2.55. The molecular formula is C17H16ClF3N4O2. The van der Waals surface area contributed by atoms with Crippen LogP contribution in [0.3, 0.4) is 0 Å². The van der Waals surface area contributed by atoms with Crippen molar-refractivity contribution in [3.63, 3.8) is 0 Å². The molecule has 1 heterocycles. The van der Waals surface area contributed by atoms with Crippen LogP contribution >= 0.6 is 11.6 Å². The number of carbonyl (C=O) groups excluding carboxylic acids is 1. The number of aromatic nitrogens is 2. The topological polar surface area (TPSA) is 81.3 Å². The van der Waals surface area contributed by atoms with Crippen molar-refractivity contribution in [3.05, 3.63) is 40.2 Å². The Morgan fingerprint density at radius 1 is 1.26 bits per heavy atom. The zero-order valence-corrected chi connectivity index (χ0v) is 15.1. The first-order valence-corrected chi connectivity index (χ1v) is 8.51. The lowest BCUT2D eigenvalue weighted by Gasteiger charge is -2.25. The lowest BCUT2D eigenvalue weighted by atomic mass is 9.94. The number of nitrogens with two attached hydrogens (primary N) is 1. The van der Waals surface area contributed by atoms with Crippen LogP contribution < -0.4 is 15.4 Å². The largest absolute Gasteiger partial charge is 0.494 e. The van der Waals surface area contributed by atoms with Gasteiger partial charge in [-0.25, -0.2) is 19.7 Å². The number of nitrogens with zero attached hydrogens (tertiary/aromatic N) is 3. The minimum atomic E-state index is -4.69. The van der Waals surface area contributed by atoms with Crippen LogP contribution in [0.15, 0.2) is 18.2 Å². The van der Waals surface area contributed by atoms with E-state index in [1.807, 2.05) is 0 Å². The van der Waals surface area contributed by atoms with E-state index in [0.717, 1.165) is 4.90 Å². The number of benzene rings is 1. The van der Waals surface area contributed by atoms with E-state index < -0.39 is 23.8 Å². The van der Waals surface area contributed by atoms with E-state index in [0.29, 0.717) is 19.3 Å². The number of primary amides is 1. The van der Waals surface area contributed by atoms with Crippen LogP contribution in [0.2, 0.25) is 5.02 Å². The third-order valence-corrected chi connectivity index (χ3v) is 4.56. The third-order valence-electron chi connectivity index (χ3n) is 4.25. The summed E-state index contributed by atoms with van der Waals surface area (Å²) >= 11 is 6.16. The number of hydrogen-bond acceptors (Lipinski definition) is 4. The van der Waals surface area contributed by atoms with Gasteiger partial charge in [-0.1, -0.05) is 17.7 Å². The number of ether oxygens (including phenoxy) is 1. The highest BCUT2D eigenvalue weighted by Gasteiger charge is 2.39. The highest BCUT2D eigenvalue weighted by atomic mass is 35.5. The zero-order chi connectivity index (χ0) is 19.8. The van der Waals surface area contributed by atoms with Crippen molar-refractivity contribution < 1.29 is 22.7 Å². The van der Waals surface area contributed by atoms with Gasteiger partial charge in [0.1, 0.15) is 11.4 Å². The first-order valence-electron chi connectivity index (χ1n) is 8.13. The van der Waals surface area contributed by atoms with Crippen LogP contribution in [0.5, 0.6) is 5.75 Å². The van der Waals surface area contributed by atoms with Crippen LogP contribution in [0.25, 0.3) is 0 Å². The molecule has 0 spiro atoms. The first-order chi connectivity index (χ1) is 12.7. The second-order valence-corrected chi connectivity index (χ2v) is 6.37. The van der Waals surface area contributed by atoms with Gasteiger partial charge in [-0.2, -0.15) is 13.2 Å². The monoisotopic (exact) mass is 400 g/mol. The molecule has 0 saturated heterocycles. The zero-order valence-electron chi connectivity index (χ0n) is 14.3. The number of methoxy groups -OCH3 is 1. The van der Waals surface area contributed by atoms with Gasteiger partial charge in [-0.05, 0) is 37.8 Å². The number of carbonyl (C=O) groups is 1. The number of fused-ring (bicyclic) bond motifs is 1. The molecule has 1 aromatic heterocycles. The average Bonchev–Trinajstić information content (AvgIpc) is 2.61. The van der Waals surface area contributed by atoms with Gasteiger partial charge in [-0.3, -0.25) is 0 Å². The number of amides is 2. The molecule has 1 aliphatic carbocycles. The molecule has 0 aliphatic heterocycles. The Labute approximate surface area is 158 Å². The van der Waals surface area contributed by atoms with Crippen LogP contribution in [-0.2, 0) is 19.0 Å². The van der Waals surface area contributed by atoms with E-state index in [1.165, 1.54) is 19.2 Å². The summed E-state index contributed by atoms with van der Waals surface area (Å²) in [5, 5.41) is 0.0584. The molecule has 0 bridgehead atoms. The van der Waals surface area contributed by atoms with Crippen molar-refractivity contribution in [1.29, 1.82) is 0 Å². The number of rotatable bonds is 3. The number of hydrogen-bond donors (Lipinski definition) is 1. The molecule has 0 radical (unpaired) electrons. The van der Waals surface area contributed by atoms with Crippen LogP contribution in [0, 0.1) is 0 Å². The Bertz CT molecular complexity index is 889. The maximum atomic E-state index is 13.6. The van der Waals surface area contributed by atoms with Gasteiger partial charge in [0.25, 0.3) is 0 Å². The molecular weight excluding hydrogens is 385 g/mol. The molecule has 1 aromatic carbocycles. The van der Waals surface area contributed by atoms with Crippen molar-refractivity contribution in [1.82, 2.24) is 9.97 Å². The van der Waals surface area contributed by atoms with E-state index >= 15 is 0 Å². The highest BCUT2D eigenvalue weighted by Crippen LogP contribution is 2.41. The molecule has 144 valence electrons. The smallest absolute Gasteiger partial charge is 0.433 e. The summed E-state index contributed by atoms with van der Waals surface area (Å²) in [5.74, 6) is -0.335. The third kappa shape index (κ3) is 3.64. The fraction of sp³-hybridized carbons (Fsp3) is 0.353. The second-order valence-electron chi connectivity index (χ2n) is 5.97. The standard InChI is InChI=1S/C17H16ClF3N4O2/c1-27-12-8-4-6-10(18)13(12)25(15(22)26)16-23-11-7-3-2-5-9(11)14(24-16)17(19,20)21/h4,6,8H,2-3,5,7H2,1H3,(H2,22,26). The molecule has 0 saturated carbocycles. The van der Waals surface area contributed by atoms with E-state index in [1.54, 1.807) is 6.07 Å². The van der Waals surface area contributed by atoms with Crippen LogP contribution in [0.4, 0.5) is 29.6 Å². The summed E-state index contributed by atoms with van der Waals surface area (Å²) in [5.41, 5.74) is 4.69. The molecule has 3 rings (SSSR count). The summed E-state index contributed by atoms with van der Waals surface area (Å²) in [6.45, 7) is 0. The summed E-state index contributed by atoms with van der Waals surface area (Å²) < 4.78 is 45.9. The van der Waals surface area contributed by atoms with E-state index in [4.69, 9.17) is 22.1 Å². The van der Waals surface area contributed by atoms with Crippen molar-refractivity contribution >= 4 is 29.3 Å². The molecule has 10 heteroatoms. The predicted molar refractivity (Wildman–Crippen MR) is 93.4 cm³/mol. The molecule has 0 atom stereocenters. The second kappa shape index (κ2) is 7.22. The minimum Gasteiger partial charge on any atom is -0.494 e. The summed E-state index contributed by atoms with van der Waals surface area (Å²) in [4.78, 5) is 20.7. The molecule has 2 amide bonds. The number of para-hydroxylation sites is 1. The lowest BCUT2D eigenvalue weighted by molar-refractivity contribution is -0.142. The molecule has 0 unspecified atom stereocenters. The van der Waals surface area contributed by atoms with E-state index in [9.17, 15) is 18.0 Å². The first kappa shape index (κ1) is 19.2. The van der Waals surface area contributed by atoms with Gasteiger partial charge in [0, 0.05) is 11.3 Å². The molecule has 0 fully saturated rings. The van der Waals surface area contributed by atoms with Crippen molar-refractivity contribution in [2.75, 3.05) is 12.0 Å². The minimum absolute atomic E-state index is 0.0157. The Kier molecular flexibility index (Phi) is 5.14. The van der Waals surface area contributed by atoms with Crippen LogP contribution in [-0.4, -0.2) is 23.1 Å². The SMILES string of the molecule is COc1cccc(Cl)c1N(C(N)=O)c1nc2c(c(C(F)(F)F)n1)CCCC2. The van der Waals surface area contributed by atoms with Gasteiger partial charge < -0.3 is 10.5 Å². The normalized spacial score (nSPS) is 13.8. The van der Waals surface area contributed by atoms with Crippen molar-refractivity contribution in [2.45, 2.75) is 31.9 Å². The Morgan fingerprint density at radius 3 is 2.59 bits per heavy atom. The fourth-order valence-electron chi connectivity index (χ4n) is 3.10. The molecule has 1 aliphatic rings. The molecule has 2 N–H and O–H groups in total. The predicted octanol–water partition coefficient (Wildman–Crippen LogP) is 4.25. The van der Waals surface area contributed by atoms with Crippen molar-refractivity contribution in [2.24, 2.45) is 5.73 Å². The Balaban J connectivity index is 2.25. The lowest BCUT2D eigenvalue weighted by Crippen LogP contribution is -2.34. The fourth-order valence-corrected chi connectivity index (χ4v) is 3.35. The number of anilines is 2. The van der Waals surface area contributed by atoms with Crippen molar-refractivity contribution in [3.8, 4) is 5.75 Å². The number of aryl methyl sites for hydroxylation is 1. The number of halogens is 4. The quantitative estimate of drug-likeness (QED) is 0.834. The number of alkyl halides is 3. The summed E-state index contributed by atoms with van der Waals surface area (Å²) in [6.07, 6.45) is -2.77. The molecule has 2 aromatic rings. The maximum absolute atomic E-state index is 13.6. The highest BCUT2D eigenvalue weighted by molar-refractivity contribution is 6.34. The number of urea groups is 1. The van der Waals surface area contributed by atoms with E-state index in [2.05, 4.69) is 9.97 Å².